The Hall–Kier alpha value is -1.27. The maximum absolute atomic E-state index is 12.4. The lowest BCUT2D eigenvalue weighted by molar-refractivity contribution is -0.132. The van der Waals surface area contributed by atoms with Crippen molar-refractivity contribution in [2.45, 2.75) is 6.04 Å². The van der Waals surface area contributed by atoms with E-state index in [0.29, 0.717) is 17.2 Å². The summed E-state index contributed by atoms with van der Waals surface area (Å²) >= 11 is 7.49. The van der Waals surface area contributed by atoms with Crippen molar-refractivity contribution in [2.75, 3.05) is 25.7 Å². The van der Waals surface area contributed by atoms with Crippen LogP contribution in [0.4, 0.5) is 0 Å². The molecule has 0 bridgehead atoms. The highest BCUT2D eigenvalue weighted by Gasteiger charge is 2.36. The van der Waals surface area contributed by atoms with E-state index in [1.807, 2.05) is 0 Å². The third-order valence-corrected chi connectivity index (χ3v) is 4.17. The Balaban J connectivity index is 2.24. The first-order valence-electron chi connectivity index (χ1n) is 5.72. The van der Waals surface area contributed by atoms with E-state index < -0.39 is 6.04 Å². The molecule has 0 saturated carbocycles. The van der Waals surface area contributed by atoms with Gasteiger partial charge in [-0.05, 0) is 12.1 Å². The molecule has 1 aromatic rings. The van der Waals surface area contributed by atoms with E-state index in [1.54, 1.807) is 42.9 Å². The molecule has 1 aliphatic rings. The van der Waals surface area contributed by atoms with Crippen molar-refractivity contribution in [1.82, 2.24) is 14.8 Å². The minimum absolute atomic E-state index is 0.0710. The Kier molecular flexibility index (Phi) is 4.31. The van der Waals surface area contributed by atoms with Crippen LogP contribution in [-0.4, -0.2) is 58.4 Å². The number of pyridine rings is 1. The number of halogens is 1. The predicted molar refractivity (Wildman–Crippen MR) is 75.2 cm³/mol. The second-order valence-electron chi connectivity index (χ2n) is 4.37. The summed E-state index contributed by atoms with van der Waals surface area (Å²) in [6, 6.07) is 2.85. The summed E-state index contributed by atoms with van der Waals surface area (Å²) in [5, 5.41) is 0.167. The maximum Gasteiger partial charge on any atom is 0.258 e. The van der Waals surface area contributed by atoms with Gasteiger partial charge in [-0.1, -0.05) is 11.6 Å². The van der Waals surface area contributed by atoms with Gasteiger partial charge in [-0.25, -0.2) is 4.98 Å². The zero-order valence-corrected chi connectivity index (χ0v) is 12.2. The summed E-state index contributed by atoms with van der Waals surface area (Å²) in [5.74, 6) is 0.788. The van der Waals surface area contributed by atoms with Gasteiger partial charge in [-0.3, -0.25) is 9.59 Å². The van der Waals surface area contributed by atoms with Crippen molar-refractivity contribution in [3.8, 4) is 0 Å². The van der Waals surface area contributed by atoms with Gasteiger partial charge in [0.1, 0.15) is 11.2 Å². The average molecular weight is 300 g/mol. The lowest BCUT2D eigenvalue weighted by atomic mass is 10.2. The molecule has 0 aromatic carbocycles. The van der Waals surface area contributed by atoms with Crippen molar-refractivity contribution in [1.29, 1.82) is 0 Å². The molecule has 1 fully saturated rings. The van der Waals surface area contributed by atoms with E-state index in [0.717, 1.165) is 0 Å². The van der Waals surface area contributed by atoms with Crippen molar-refractivity contribution in [2.24, 2.45) is 0 Å². The van der Waals surface area contributed by atoms with Crippen LogP contribution in [0, 0.1) is 0 Å². The number of amides is 2. The van der Waals surface area contributed by atoms with Crippen molar-refractivity contribution < 1.29 is 9.59 Å². The number of rotatable bonds is 2. The third kappa shape index (κ3) is 2.84. The van der Waals surface area contributed by atoms with Crippen molar-refractivity contribution in [3.63, 3.8) is 0 Å². The first-order valence-corrected chi connectivity index (χ1v) is 7.26. The number of carbonyl (C=O) groups excluding carboxylic acids is 2. The zero-order chi connectivity index (χ0) is 14.0. The highest BCUT2D eigenvalue weighted by Crippen LogP contribution is 2.25. The molecule has 1 aromatic heterocycles. The Morgan fingerprint density at radius 2 is 2.26 bits per heavy atom. The molecule has 2 rings (SSSR count). The number of nitrogens with zero attached hydrogens (tertiary/aromatic N) is 3. The van der Waals surface area contributed by atoms with Gasteiger partial charge in [0.15, 0.2) is 0 Å². The Bertz CT molecular complexity index is 510. The normalized spacial score (nSPS) is 18.5. The SMILES string of the molecule is CN(C)C(=O)[C@H]1CSCN1C(=O)c1cccnc1Cl. The third-order valence-electron chi connectivity index (χ3n) is 2.86. The molecule has 5 nitrogen and oxygen atoms in total. The van der Waals surface area contributed by atoms with E-state index >= 15 is 0 Å². The molecule has 7 heteroatoms. The summed E-state index contributed by atoms with van der Waals surface area (Å²) in [6.07, 6.45) is 1.53. The maximum atomic E-state index is 12.4. The molecule has 2 heterocycles. The molecule has 0 radical (unpaired) electrons. The Morgan fingerprint density at radius 1 is 1.53 bits per heavy atom. The van der Waals surface area contributed by atoms with Crippen molar-refractivity contribution in [3.05, 3.63) is 29.0 Å². The molecule has 0 spiro atoms. The zero-order valence-electron chi connectivity index (χ0n) is 10.7. The van der Waals surface area contributed by atoms with Gasteiger partial charge < -0.3 is 9.80 Å². The highest BCUT2D eigenvalue weighted by atomic mass is 35.5. The first-order chi connectivity index (χ1) is 9.02. The standard InChI is InChI=1S/C12H14ClN3O2S/c1-15(2)12(18)9-6-19-7-16(9)11(17)8-4-3-5-14-10(8)13/h3-5,9H,6-7H2,1-2H3/t9-/m1/s1. The molecule has 1 atom stereocenters. The largest absolute Gasteiger partial charge is 0.347 e. The van der Waals surface area contributed by atoms with E-state index in [2.05, 4.69) is 4.98 Å². The minimum atomic E-state index is -0.427. The fraction of sp³-hybridized carbons (Fsp3) is 0.417. The molecular weight excluding hydrogens is 286 g/mol. The summed E-state index contributed by atoms with van der Waals surface area (Å²) in [4.78, 5) is 31.4. The fourth-order valence-corrected chi connectivity index (χ4v) is 3.19. The molecule has 0 unspecified atom stereocenters. The number of carbonyl (C=O) groups is 2. The molecular formula is C12H14ClN3O2S. The van der Waals surface area contributed by atoms with Gasteiger partial charge in [0.05, 0.1) is 11.4 Å². The molecule has 102 valence electrons. The topological polar surface area (TPSA) is 53.5 Å². The van der Waals surface area contributed by atoms with Crippen LogP contribution < -0.4 is 0 Å². The van der Waals surface area contributed by atoms with Gasteiger partial charge >= 0.3 is 0 Å². The van der Waals surface area contributed by atoms with Crippen LogP contribution >= 0.6 is 23.4 Å². The summed E-state index contributed by atoms with van der Waals surface area (Å²) < 4.78 is 0. The van der Waals surface area contributed by atoms with E-state index in [-0.39, 0.29) is 17.0 Å². The number of aromatic nitrogens is 1. The lowest BCUT2D eigenvalue weighted by Crippen LogP contribution is -2.46. The smallest absolute Gasteiger partial charge is 0.258 e. The van der Waals surface area contributed by atoms with Gasteiger partial charge in [-0.15, -0.1) is 11.8 Å². The van der Waals surface area contributed by atoms with Gasteiger partial charge in [0.2, 0.25) is 5.91 Å². The van der Waals surface area contributed by atoms with Gasteiger partial charge in [-0.2, -0.15) is 0 Å². The summed E-state index contributed by atoms with van der Waals surface area (Å²) in [5.41, 5.74) is 0.336. The monoisotopic (exact) mass is 299 g/mol. The quantitative estimate of drug-likeness (QED) is 0.773. The van der Waals surface area contributed by atoms with Crippen LogP contribution in [0.15, 0.2) is 18.3 Å². The molecule has 1 saturated heterocycles. The second-order valence-corrected chi connectivity index (χ2v) is 5.72. The van der Waals surface area contributed by atoms with Gasteiger partial charge in [0.25, 0.3) is 5.91 Å². The number of hydrogen-bond acceptors (Lipinski definition) is 4. The number of thioether (sulfide) groups is 1. The van der Waals surface area contributed by atoms with Crippen LogP contribution in [-0.2, 0) is 4.79 Å². The average Bonchev–Trinajstić information content (AvgIpc) is 2.86. The molecule has 1 aliphatic heterocycles. The minimum Gasteiger partial charge on any atom is -0.347 e. The number of hydrogen-bond donors (Lipinski definition) is 0. The van der Waals surface area contributed by atoms with E-state index in [4.69, 9.17) is 11.6 Å². The summed E-state index contributed by atoms with van der Waals surface area (Å²) in [7, 11) is 3.37. The number of likely N-dealkylation sites (N-methyl/N-ethyl adjacent to an activating group) is 1. The van der Waals surface area contributed by atoms with Crippen LogP contribution in [0.1, 0.15) is 10.4 Å². The van der Waals surface area contributed by atoms with Gasteiger partial charge in [0, 0.05) is 26.0 Å². The van der Waals surface area contributed by atoms with Crippen LogP contribution in [0.5, 0.6) is 0 Å². The highest BCUT2D eigenvalue weighted by molar-refractivity contribution is 7.99. The van der Waals surface area contributed by atoms with Crippen LogP contribution in [0.2, 0.25) is 5.15 Å². The van der Waals surface area contributed by atoms with E-state index in [9.17, 15) is 9.59 Å². The lowest BCUT2D eigenvalue weighted by Gasteiger charge is -2.25. The van der Waals surface area contributed by atoms with E-state index in [1.165, 1.54) is 11.1 Å². The predicted octanol–water partition coefficient (Wildman–Crippen LogP) is 1.34. The Labute approximate surface area is 120 Å². The second kappa shape index (κ2) is 5.79. The van der Waals surface area contributed by atoms with Crippen LogP contribution in [0.3, 0.4) is 0 Å². The van der Waals surface area contributed by atoms with Crippen LogP contribution in [0.25, 0.3) is 0 Å². The molecule has 19 heavy (non-hydrogen) atoms. The fourth-order valence-electron chi connectivity index (χ4n) is 1.85. The first kappa shape index (κ1) is 14.1. The molecule has 0 N–H and O–H groups in total. The Morgan fingerprint density at radius 3 is 2.89 bits per heavy atom. The summed E-state index contributed by atoms with van der Waals surface area (Å²) in [6.45, 7) is 0. The molecule has 0 aliphatic carbocycles. The van der Waals surface area contributed by atoms with Crippen molar-refractivity contribution >= 4 is 35.2 Å². The molecule has 2 amide bonds.